The lowest BCUT2D eigenvalue weighted by Crippen LogP contribution is -2.46. The van der Waals surface area contributed by atoms with Crippen molar-refractivity contribution in [3.63, 3.8) is 0 Å². The number of nitrogens with zero attached hydrogens (tertiary/aromatic N) is 2. The van der Waals surface area contributed by atoms with E-state index in [2.05, 4.69) is 39.2 Å². The summed E-state index contributed by atoms with van der Waals surface area (Å²) in [6, 6.07) is 10.1. The molecule has 0 radical (unpaired) electrons. The van der Waals surface area contributed by atoms with E-state index < -0.39 is 23.5 Å². The normalized spacial score (nSPS) is 19.6. The molecule has 1 aliphatic carbocycles. The number of alkyl halides is 1. The Morgan fingerprint density at radius 3 is 2.74 bits per heavy atom. The molecule has 38 heavy (non-hydrogen) atoms. The van der Waals surface area contributed by atoms with Crippen LogP contribution in [0.2, 0.25) is 0 Å². The molecule has 2 heterocycles. The molecular formula is C29H32F2N4O3. The van der Waals surface area contributed by atoms with Crippen LogP contribution in [0.1, 0.15) is 35.3 Å². The van der Waals surface area contributed by atoms with Gasteiger partial charge in [-0.1, -0.05) is 12.0 Å². The number of methoxy groups -OCH3 is 1. The SMILES string of the molecule is COc1cc(C(=O)O)c(F)cc1NCC#Cc1cc2c(N[C@@H]3CCN(C)C[C@@H]3F)cccc2n1CC1CC1. The van der Waals surface area contributed by atoms with Gasteiger partial charge >= 0.3 is 5.97 Å². The van der Waals surface area contributed by atoms with Crippen molar-refractivity contribution in [1.29, 1.82) is 0 Å². The summed E-state index contributed by atoms with van der Waals surface area (Å²) in [5.74, 6) is 5.00. The van der Waals surface area contributed by atoms with Gasteiger partial charge in [0.1, 0.15) is 17.7 Å². The third-order valence-electron chi connectivity index (χ3n) is 7.27. The molecule has 1 saturated carbocycles. The number of carbonyl (C=O) groups is 1. The van der Waals surface area contributed by atoms with Crippen molar-refractivity contribution >= 4 is 28.2 Å². The largest absolute Gasteiger partial charge is 0.495 e. The second-order valence-corrected chi connectivity index (χ2v) is 10.1. The van der Waals surface area contributed by atoms with Gasteiger partial charge in [-0.15, -0.1) is 0 Å². The lowest BCUT2D eigenvalue weighted by molar-refractivity contribution is 0.0691. The zero-order valence-electron chi connectivity index (χ0n) is 21.6. The van der Waals surface area contributed by atoms with Gasteiger partial charge in [-0.05, 0) is 62.4 Å². The minimum Gasteiger partial charge on any atom is -0.495 e. The maximum absolute atomic E-state index is 14.7. The van der Waals surface area contributed by atoms with Crippen LogP contribution in [0.25, 0.3) is 10.9 Å². The molecule has 2 fully saturated rings. The molecule has 1 aliphatic heterocycles. The molecule has 5 rings (SSSR count). The maximum atomic E-state index is 14.7. The number of aromatic nitrogens is 1. The van der Waals surface area contributed by atoms with Crippen LogP contribution >= 0.6 is 0 Å². The van der Waals surface area contributed by atoms with Crippen LogP contribution in [-0.2, 0) is 6.54 Å². The number of piperidine rings is 1. The van der Waals surface area contributed by atoms with Gasteiger partial charge in [-0.3, -0.25) is 0 Å². The minimum atomic E-state index is -1.36. The number of likely N-dealkylation sites (tertiary alicyclic amines) is 1. The highest BCUT2D eigenvalue weighted by Crippen LogP contribution is 2.35. The first-order chi connectivity index (χ1) is 18.3. The summed E-state index contributed by atoms with van der Waals surface area (Å²) >= 11 is 0. The van der Waals surface area contributed by atoms with Crippen LogP contribution in [0, 0.1) is 23.6 Å². The highest BCUT2D eigenvalue weighted by atomic mass is 19.1. The Bertz CT molecular complexity index is 1410. The topological polar surface area (TPSA) is 78.8 Å². The molecule has 2 atom stereocenters. The summed E-state index contributed by atoms with van der Waals surface area (Å²) in [4.78, 5) is 13.2. The van der Waals surface area contributed by atoms with Crippen molar-refractivity contribution in [2.45, 2.75) is 38.0 Å². The standard InChI is InChI=1S/C29H32F2N4O3/c1-34-12-10-25(23(31)17-34)33-24-6-3-7-27-21(24)13-19(35(27)16-18-8-9-18)5-4-11-32-26-15-22(30)20(29(36)37)14-28(26)38-2/h3,6-7,13-15,18,23,25,32-33H,8-12,16-17H2,1-2H3,(H,36,37)/t23-,25+/m0/s1. The molecule has 0 spiro atoms. The fourth-order valence-corrected chi connectivity index (χ4v) is 4.99. The number of carboxylic acid groups (broad SMARTS) is 1. The number of rotatable bonds is 8. The molecule has 3 N–H and O–H groups in total. The quantitative estimate of drug-likeness (QED) is 0.369. The van der Waals surface area contributed by atoms with E-state index in [0.717, 1.165) is 53.9 Å². The van der Waals surface area contributed by atoms with E-state index in [0.29, 0.717) is 18.2 Å². The van der Waals surface area contributed by atoms with E-state index in [1.807, 2.05) is 24.1 Å². The van der Waals surface area contributed by atoms with Crippen LogP contribution in [0.5, 0.6) is 5.75 Å². The fraction of sp³-hybridized carbons (Fsp3) is 0.414. The van der Waals surface area contributed by atoms with Crippen LogP contribution in [0.4, 0.5) is 20.2 Å². The first kappa shape index (κ1) is 25.9. The number of aromatic carboxylic acids is 1. The highest BCUT2D eigenvalue weighted by Gasteiger charge is 2.28. The number of benzene rings is 2. The van der Waals surface area contributed by atoms with Gasteiger partial charge in [-0.2, -0.15) is 0 Å². The van der Waals surface area contributed by atoms with Crippen molar-refractivity contribution in [2.75, 3.05) is 44.4 Å². The van der Waals surface area contributed by atoms with Crippen molar-refractivity contribution < 1.29 is 23.4 Å². The maximum Gasteiger partial charge on any atom is 0.338 e. The Kier molecular flexibility index (Phi) is 7.43. The van der Waals surface area contributed by atoms with Crippen LogP contribution < -0.4 is 15.4 Å². The number of nitrogens with one attached hydrogen (secondary N) is 2. The van der Waals surface area contributed by atoms with Gasteiger partial charge in [-0.25, -0.2) is 13.6 Å². The molecule has 1 saturated heterocycles. The first-order valence-electron chi connectivity index (χ1n) is 12.9. The fourth-order valence-electron chi connectivity index (χ4n) is 4.99. The lowest BCUT2D eigenvalue weighted by atomic mass is 10.0. The van der Waals surface area contributed by atoms with E-state index in [9.17, 15) is 13.6 Å². The molecule has 200 valence electrons. The van der Waals surface area contributed by atoms with Crippen molar-refractivity contribution in [3.8, 4) is 17.6 Å². The van der Waals surface area contributed by atoms with Gasteiger partial charge < -0.3 is 29.9 Å². The van der Waals surface area contributed by atoms with E-state index in [-0.39, 0.29) is 18.3 Å². The van der Waals surface area contributed by atoms with E-state index in [1.165, 1.54) is 20.0 Å². The third kappa shape index (κ3) is 5.55. The second-order valence-electron chi connectivity index (χ2n) is 10.1. The molecule has 9 heteroatoms. The van der Waals surface area contributed by atoms with Crippen LogP contribution in [0.3, 0.4) is 0 Å². The Hall–Kier alpha value is -3.77. The predicted octanol–water partition coefficient (Wildman–Crippen LogP) is 4.81. The highest BCUT2D eigenvalue weighted by molar-refractivity contribution is 5.94. The molecule has 0 unspecified atom stereocenters. The zero-order valence-corrected chi connectivity index (χ0v) is 21.6. The Labute approximate surface area is 220 Å². The second kappa shape index (κ2) is 10.9. The molecule has 0 amide bonds. The van der Waals surface area contributed by atoms with Gasteiger partial charge in [0.15, 0.2) is 0 Å². The van der Waals surface area contributed by atoms with Gasteiger partial charge in [0.05, 0.1) is 42.2 Å². The van der Waals surface area contributed by atoms with Gasteiger partial charge in [0.25, 0.3) is 0 Å². The Morgan fingerprint density at radius 2 is 2.03 bits per heavy atom. The monoisotopic (exact) mass is 522 g/mol. The molecular weight excluding hydrogens is 490 g/mol. The number of hydrogen-bond acceptors (Lipinski definition) is 5. The molecule has 2 aliphatic rings. The van der Waals surface area contributed by atoms with E-state index >= 15 is 0 Å². The molecule has 0 bridgehead atoms. The summed E-state index contributed by atoms with van der Waals surface area (Å²) in [5.41, 5.74) is 2.71. The summed E-state index contributed by atoms with van der Waals surface area (Å²) in [5, 5.41) is 16.6. The van der Waals surface area contributed by atoms with Crippen LogP contribution in [0.15, 0.2) is 36.4 Å². The number of anilines is 2. The van der Waals surface area contributed by atoms with Gasteiger partial charge in [0.2, 0.25) is 0 Å². The average molecular weight is 523 g/mol. The Morgan fingerprint density at radius 1 is 1.21 bits per heavy atom. The number of fused-ring (bicyclic) bond motifs is 1. The molecule has 1 aromatic heterocycles. The van der Waals surface area contributed by atoms with Crippen molar-refractivity contribution in [1.82, 2.24) is 9.47 Å². The summed E-state index contributed by atoms with van der Waals surface area (Å²) in [7, 11) is 3.34. The number of halogens is 2. The summed E-state index contributed by atoms with van der Waals surface area (Å²) < 4.78 is 36.4. The lowest BCUT2D eigenvalue weighted by Gasteiger charge is -2.33. The average Bonchev–Trinajstić information content (AvgIpc) is 3.64. The van der Waals surface area contributed by atoms with Gasteiger partial charge in [0, 0.05) is 36.8 Å². The molecule has 7 nitrogen and oxygen atoms in total. The Balaban J connectivity index is 1.38. The zero-order chi connectivity index (χ0) is 26.8. The third-order valence-corrected chi connectivity index (χ3v) is 7.27. The summed E-state index contributed by atoms with van der Waals surface area (Å²) in [6.45, 7) is 2.36. The number of ether oxygens (including phenoxy) is 1. The summed E-state index contributed by atoms with van der Waals surface area (Å²) in [6.07, 6.45) is 2.20. The smallest absolute Gasteiger partial charge is 0.338 e. The number of carboxylic acids is 1. The van der Waals surface area contributed by atoms with E-state index in [4.69, 9.17) is 9.84 Å². The van der Waals surface area contributed by atoms with E-state index in [1.54, 1.807) is 0 Å². The molecule has 3 aromatic rings. The minimum absolute atomic E-state index is 0.206. The molecule has 2 aromatic carbocycles. The van der Waals surface area contributed by atoms with Crippen molar-refractivity contribution in [3.05, 3.63) is 53.5 Å². The number of hydrogen-bond donors (Lipinski definition) is 3. The predicted molar refractivity (Wildman–Crippen MR) is 144 cm³/mol. The van der Waals surface area contributed by atoms with Crippen LogP contribution in [-0.4, -0.2) is 66.5 Å². The first-order valence-corrected chi connectivity index (χ1v) is 12.9. The van der Waals surface area contributed by atoms with Crippen molar-refractivity contribution in [2.24, 2.45) is 5.92 Å².